The maximum Gasteiger partial charge on any atom is 0.247 e. The summed E-state index contributed by atoms with van der Waals surface area (Å²) >= 11 is 1.52. The van der Waals surface area contributed by atoms with Gasteiger partial charge in [0.15, 0.2) is 11.0 Å². The maximum atomic E-state index is 5.77. The van der Waals surface area contributed by atoms with E-state index < -0.39 is 0 Å². The van der Waals surface area contributed by atoms with Crippen LogP contribution in [-0.2, 0) is 12.3 Å². The highest BCUT2D eigenvalue weighted by Crippen LogP contribution is 2.28. The Labute approximate surface area is 166 Å². The van der Waals surface area contributed by atoms with Gasteiger partial charge in [-0.2, -0.15) is 0 Å². The third-order valence-electron chi connectivity index (χ3n) is 4.19. The van der Waals surface area contributed by atoms with Crippen LogP contribution < -0.4 is 4.74 Å². The number of thioether (sulfide) groups is 1. The SMILES string of the molecule is CCn1c(SCc2nnc(-c3ccccc3)o2)nnc1-c1ccc(OC)cc1. The molecule has 0 aliphatic heterocycles. The molecule has 0 spiro atoms. The molecular weight excluding hydrogens is 374 g/mol. The molecular formula is C20H19N5O2S. The summed E-state index contributed by atoms with van der Waals surface area (Å²) in [7, 11) is 1.65. The zero-order valence-electron chi connectivity index (χ0n) is 15.6. The molecule has 0 radical (unpaired) electrons. The number of methoxy groups -OCH3 is 1. The Morgan fingerprint density at radius 2 is 1.71 bits per heavy atom. The molecule has 0 saturated heterocycles. The molecule has 4 rings (SSSR count). The van der Waals surface area contributed by atoms with Crippen LogP contribution in [0.1, 0.15) is 12.8 Å². The molecule has 0 aliphatic carbocycles. The van der Waals surface area contributed by atoms with E-state index in [9.17, 15) is 0 Å². The largest absolute Gasteiger partial charge is 0.497 e. The molecule has 28 heavy (non-hydrogen) atoms. The minimum atomic E-state index is 0.520. The smallest absolute Gasteiger partial charge is 0.247 e. The van der Waals surface area contributed by atoms with Crippen molar-refractivity contribution in [3.05, 3.63) is 60.5 Å². The van der Waals surface area contributed by atoms with E-state index in [1.54, 1.807) is 7.11 Å². The monoisotopic (exact) mass is 393 g/mol. The second-order valence-electron chi connectivity index (χ2n) is 5.93. The minimum Gasteiger partial charge on any atom is -0.497 e. The molecule has 0 bridgehead atoms. The lowest BCUT2D eigenvalue weighted by atomic mass is 10.2. The molecule has 0 N–H and O–H groups in total. The Morgan fingerprint density at radius 1 is 0.929 bits per heavy atom. The van der Waals surface area contributed by atoms with Crippen molar-refractivity contribution in [2.75, 3.05) is 7.11 Å². The van der Waals surface area contributed by atoms with E-state index in [4.69, 9.17) is 9.15 Å². The van der Waals surface area contributed by atoms with Crippen LogP contribution >= 0.6 is 11.8 Å². The fraction of sp³-hybridized carbons (Fsp3) is 0.200. The van der Waals surface area contributed by atoms with Crippen LogP contribution in [0.15, 0.2) is 64.2 Å². The summed E-state index contributed by atoms with van der Waals surface area (Å²) in [5.41, 5.74) is 1.90. The molecule has 0 fully saturated rings. The van der Waals surface area contributed by atoms with Crippen LogP contribution in [-0.4, -0.2) is 32.1 Å². The summed E-state index contributed by atoms with van der Waals surface area (Å²) in [4.78, 5) is 0. The molecule has 2 aromatic heterocycles. The van der Waals surface area contributed by atoms with Gasteiger partial charge in [0.1, 0.15) is 5.75 Å². The van der Waals surface area contributed by atoms with Crippen molar-refractivity contribution in [2.45, 2.75) is 24.4 Å². The first-order valence-electron chi connectivity index (χ1n) is 8.86. The maximum absolute atomic E-state index is 5.77. The standard InChI is InChI=1S/C20H19N5O2S/c1-3-25-18(14-9-11-16(26-2)12-10-14)22-24-20(25)28-13-17-21-23-19(27-17)15-7-5-4-6-8-15/h4-12H,3,13H2,1-2H3. The van der Waals surface area contributed by atoms with Gasteiger partial charge in [0.25, 0.3) is 0 Å². The van der Waals surface area contributed by atoms with Gasteiger partial charge >= 0.3 is 0 Å². The molecule has 8 heteroatoms. The normalized spacial score (nSPS) is 10.9. The number of nitrogens with zero attached hydrogens (tertiary/aromatic N) is 5. The molecule has 142 valence electrons. The molecule has 7 nitrogen and oxygen atoms in total. The Hall–Kier alpha value is -3.13. The molecule has 0 saturated carbocycles. The zero-order chi connectivity index (χ0) is 19.3. The van der Waals surface area contributed by atoms with Crippen molar-refractivity contribution in [1.82, 2.24) is 25.0 Å². The fourth-order valence-corrected chi connectivity index (χ4v) is 3.61. The average Bonchev–Trinajstić information content (AvgIpc) is 3.39. The number of aromatic nitrogens is 5. The van der Waals surface area contributed by atoms with E-state index in [-0.39, 0.29) is 0 Å². The van der Waals surface area contributed by atoms with Gasteiger partial charge in [0.05, 0.1) is 12.9 Å². The van der Waals surface area contributed by atoms with E-state index in [0.29, 0.717) is 17.5 Å². The number of rotatable bonds is 7. The summed E-state index contributed by atoms with van der Waals surface area (Å²) in [6.45, 7) is 2.83. The second-order valence-corrected chi connectivity index (χ2v) is 6.88. The van der Waals surface area contributed by atoms with Gasteiger partial charge in [-0.15, -0.1) is 20.4 Å². The number of hydrogen-bond acceptors (Lipinski definition) is 7. The van der Waals surface area contributed by atoms with Gasteiger partial charge in [0, 0.05) is 17.7 Å². The van der Waals surface area contributed by atoms with Gasteiger partial charge in [-0.1, -0.05) is 30.0 Å². The quantitative estimate of drug-likeness (QED) is 0.433. The highest BCUT2D eigenvalue weighted by molar-refractivity contribution is 7.98. The molecule has 0 aliphatic rings. The Bertz CT molecular complexity index is 1040. The van der Waals surface area contributed by atoms with Crippen molar-refractivity contribution in [3.8, 4) is 28.6 Å². The third kappa shape index (κ3) is 3.77. The Balaban J connectivity index is 1.50. The first-order valence-corrected chi connectivity index (χ1v) is 9.85. The zero-order valence-corrected chi connectivity index (χ0v) is 16.4. The van der Waals surface area contributed by atoms with Gasteiger partial charge in [0.2, 0.25) is 11.8 Å². The number of hydrogen-bond donors (Lipinski definition) is 0. The lowest BCUT2D eigenvalue weighted by molar-refractivity contribution is 0.415. The summed E-state index contributed by atoms with van der Waals surface area (Å²) in [5.74, 6) is 3.24. The third-order valence-corrected chi connectivity index (χ3v) is 5.15. The Kier molecular flexibility index (Phi) is 5.38. The highest BCUT2D eigenvalue weighted by Gasteiger charge is 2.15. The van der Waals surface area contributed by atoms with Gasteiger partial charge in [-0.05, 0) is 43.3 Å². The van der Waals surface area contributed by atoms with E-state index >= 15 is 0 Å². The lowest BCUT2D eigenvalue weighted by Gasteiger charge is -2.07. The van der Waals surface area contributed by atoms with Gasteiger partial charge in [-0.3, -0.25) is 0 Å². The predicted molar refractivity (Wildman–Crippen MR) is 107 cm³/mol. The Morgan fingerprint density at radius 3 is 2.43 bits per heavy atom. The predicted octanol–water partition coefficient (Wildman–Crippen LogP) is 4.32. The molecule has 0 atom stereocenters. The molecule has 2 heterocycles. The van der Waals surface area contributed by atoms with Crippen LogP contribution in [0.5, 0.6) is 5.75 Å². The van der Waals surface area contributed by atoms with E-state index in [0.717, 1.165) is 34.4 Å². The summed E-state index contributed by atoms with van der Waals surface area (Å²) in [6, 6.07) is 17.5. The van der Waals surface area contributed by atoms with E-state index in [1.807, 2.05) is 54.6 Å². The van der Waals surface area contributed by atoms with Crippen LogP contribution in [0.4, 0.5) is 0 Å². The highest BCUT2D eigenvalue weighted by atomic mass is 32.2. The number of benzene rings is 2. The van der Waals surface area contributed by atoms with Crippen molar-refractivity contribution in [2.24, 2.45) is 0 Å². The topological polar surface area (TPSA) is 78.9 Å². The molecule has 0 unspecified atom stereocenters. The van der Waals surface area contributed by atoms with Crippen molar-refractivity contribution < 1.29 is 9.15 Å². The number of ether oxygens (including phenoxy) is 1. The first-order chi connectivity index (χ1) is 13.8. The lowest BCUT2D eigenvalue weighted by Crippen LogP contribution is -2.00. The van der Waals surface area contributed by atoms with Crippen LogP contribution in [0, 0.1) is 0 Å². The van der Waals surface area contributed by atoms with E-state index in [1.165, 1.54) is 11.8 Å². The first kappa shape index (κ1) is 18.2. The van der Waals surface area contributed by atoms with Crippen LogP contribution in [0.25, 0.3) is 22.8 Å². The minimum absolute atomic E-state index is 0.520. The van der Waals surface area contributed by atoms with Gasteiger partial charge in [-0.25, -0.2) is 0 Å². The average molecular weight is 393 g/mol. The van der Waals surface area contributed by atoms with Gasteiger partial charge < -0.3 is 13.7 Å². The second kappa shape index (κ2) is 8.26. The molecule has 4 aromatic rings. The van der Waals surface area contributed by atoms with Crippen LogP contribution in [0.2, 0.25) is 0 Å². The van der Waals surface area contributed by atoms with Crippen molar-refractivity contribution in [3.63, 3.8) is 0 Å². The summed E-state index contributed by atoms with van der Waals surface area (Å²) < 4.78 is 13.1. The van der Waals surface area contributed by atoms with E-state index in [2.05, 4.69) is 31.9 Å². The molecule has 2 aromatic carbocycles. The fourth-order valence-electron chi connectivity index (χ4n) is 2.77. The molecule has 0 amide bonds. The summed E-state index contributed by atoms with van der Waals surface area (Å²) in [6.07, 6.45) is 0. The summed E-state index contributed by atoms with van der Waals surface area (Å²) in [5, 5.41) is 17.8. The van der Waals surface area contributed by atoms with Crippen molar-refractivity contribution >= 4 is 11.8 Å². The van der Waals surface area contributed by atoms with Crippen molar-refractivity contribution in [1.29, 1.82) is 0 Å². The van der Waals surface area contributed by atoms with Crippen LogP contribution in [0.3, 0.4) is 0 Å².